The van der Waals surface area contributed by atoms with Gasteiger partial charge in [-0.25, -0.2) is 4.98 Å². The summed E-state index contributed by atoms with van der Waals surface area (Å²) < 4.78 is 5.65. The van der Waals surface area contributed by atoms with Crippen LogP contribution in [0.3, 0.4) is 0 Å². The van der Waals surface area contributed by atoms with E-state index in [2.05, 4.69) is 37.6 Å². The molecule has 0 atom stereocenters. The molecule has 2 aromatic rings. The lowest BCUT2D eigenvalue weighted by atomic mass is 9.71. The molecular formula is C22H31N5O. The number of anilines is 3. The Balaban J connectivity index is 1.45. The summed E-state index contributed by atoms with van der Waals surface area (Å²) in [6, 6.07) is 8.23. The normalized spacial score (nSPS) is 22.0. The van der Waals surface area contributed by atoms with Gasteiger partial charge >= 0.3 is 0 Å². The third kappa shape index (κ3) is 4.22. The number of nitrogens with one attached hydrogen (secondary N) is 2. The number of ether oxygens (including phenoxy) is 1. The molecule has 1 aliphatic heterocycles. The lowest BCUT2D eigenvalue weighted by molar-refractivity contribution is 0.178. The quantitative estimate of drug-likeness (QED) is 0.751. The van der Waals surface area contributed by atoms with Crippen LogP contribution >= 0.6 is 0 Å². The van der Waals surface area contributed by atoms with Crippen molar-refractivity contribution in [3.05, 3.63) is 35.5 Å². The predicted octanol–water partition coefficient (Wildman–Crippen LogP) is 4.17. The van der Waals surface area contributed by atoms with Gasteiger partial charge in [0.1, 0.15) is 11.6 Å². The summed E-state index contributed by atoms with van der Waals surface area (Å²) in [6.07, 6.45) is 5.24. The second kappa shape index (κ2) is 8.35. The van der Waals surface area contributed by atoms with Crippen molar-refractivity contribution in [2.75, 3.05) is 44.4 Å². The van der Waals surface area contributed by atoms with Crippen LogP contribution in [0.4, 0.5) is 17.5 Å². The van der Waals surface area contributed by atoms with Gasteiger partial charge in [0.15, 0.2) is 0 Å². The molecule has 2 fully saturated rings. The molecule has 0 spiro atoms. The molecule has 1 saturated heterocycles. The number of aryl methyl sites for hydroxylation is 1. The van der Waals surface area contributed by atoms with E-state index in [9.17, 15) is 0 Å². The Bertz CT molecular complexity index is 813. The Labute approximate surface area is 167 Å². The van der Waals surface area contributed by atoms with E-state index in [4.69, 9.17) is 4.74 Å². The summed E-state index contributed by atoms with van der Waals surface area (Å²) >= 11 is 0. The van der Waals surface area contributed by atoms with E-state index >= 15 is 0 Å². The Hall–Kier alpha value is -2.34. The van der Waals surface area contributed by atoms with E-state index in [0.717, 1.165) is 28.9 Å². The molecule has 150 valence electrons. The molecule has 0 amide bonds. The van der Waals surface area contributed by atoms with Crippen LogP contribution in [0.2, 0.25) is 0 Å². The predicted molar refractivity (Wildman–Crippen MR) is 114 cm³/mol. The van der Waals surface area contributed by atoms with Crippen molar-refractivity contribution in [3.8, 4) is 5.75 Å². The highest BCUT2D eigenvalue weighted by Gasteiger charge is 2.33. The second-order valence-electron chi connectivity index (χ2n) is 8.09. The molecule has 1 saturated carbocycles. The van der Waals surface area contributed by atoms with E-state index in [1.54, 1.807) is 7.11 Å². The topological polar surface area (TPSA) is 62.3 Å². The van der Waals surface area contributed by atoms with Crippen LogP contribution in [0.1, 0.15) is 42.9 Å². The number of benzene rings is 1. The molecule has 0 unspecified atom stereocenters. The molecule has 1 aromatic carbocycles. The van der Waals surface area contributed by atoms with Gasteiger partial charge in [0.25, 0.3) is 0 Å². The number of nitrogens with zero attached hydrogens (tertiary/aromatic N) is 3. The van der Waals surface area contributed by atoms with Crippen molar-refractivity contribution in [2.24, 2.45) is 5.92 Å². The van der Waals surface area contributed by atoms with Crippen molar-refractivity contribution < 1.29 is 4.74 Å². The van der Waals surface area contributed by atoms with Gasteiger partial charge in [0.2, 0.25) is 5.95 Å². The standard InChI is InChI=1S/C22H31N5O/c1-15-10-21(23-2)26-22(24-15)25-18-6-7-20(28-3)19(13-18)17-11-16(12-17)14-27-8-4-5-9-27/h6-7,10,13,16-17H,4-5,8-9,11-12,14H2,1-3H3,(H2,23,24,25,26)/t16-,17-. The summed E-state index contributed by atoms with van der Waals surface area (Å²) in [5.74, 6) is 3.81. The van der Waals surface area contributed by atoms with Crippen LogP contribution in [0.5, 0.6) is 5.75 Å². The highest BCUT2D eigenvalue weighted by molar-refractivity contribution is 5.59. The fourth-order valence-corrected chi connectivity index (χ4v) is 4.48. The molecule has 0 radical (unpaired) electrons. The van der Waals surface area contributed by atoms with Crippen molar-refractivity contribution >= 4 is 17.5 Å². The Morgan fingerprint density at radius 1 is 1.14 bits per heavy atom. The van der Waals surface area contributed by atoms with Gasteiger partial charge in [-0.3, -0.25) is 0 Å². The highest BCUT2D eigenvalue weighted by Crippen LogP contribution is 2.46. The first kappa shape index (κ1) is 19.0. The fourth-order valence-electron chi connectivity index (χ4n) is 4.48. The summed E-state index contributed by atoms with van der Waals surface area (Å²) in [4.78, 5) is 11.6. The van der Waals surface area contributed by atoms with Gasteiger partial charge in [-0.1, -0.05) is 0 Å². The molecule has 1 aliphatic carbocycles. The Morgan fingerprint density at radius 2 is 1.93 bits per heavy atom. The average Bonchev–Trinajstić information content (AvgIpc) is 3.17. The second-order valence-corrected chi connectivity index (χ2v) is 8.09. The van der Waals surface area contributed by atoms with Crippen molar-refractivity contribution in [3.63, 3.8) is 0 Å². The zero-order chi connectivity index (χ0) is 19.5. The highest BCUT2D eigenvalue weighted by atomic mass is 16.5. The Morgan fingerprint density at radius 3 is 2.64 bits per heavy atom. The van der Waals surface area contributed by atoms with Gasteiger partial charge in [0, 0.05) is 31.0 Å². The smallest absolute Gasteiger partial charge is 0.229 e. The first-order chi connectivity index (χ1) is 13.6. The third-order valence-electron chi connectivity index (χ3n) is 5.99. The maximum Gasteiger partial charge on any atom is 0.229 e. The van der Waals surface area contributed by atoms with Crippen molar-refractivity contribution in [1.29, 1.82) is 0 Å². The van der Waals surface area contributed by atoms with Crippen molar-refractivity contribution in [1.82, 2.24) is 14.9 Å². The minimum Gasteiger partial charge on any atom is -0.496 e. The SMILES string of the molecule is CNc1cc(C)nc(Nc2ccc(OC)c([C@H]3C[C@H](CN4CCCC4)C3)c2)n1. The summed E-state index contributed by atoms with van der Waals surface area (Å²) in [7, 11) is 3.63. The monoisotopic (exact) mass is 381 g/mol. The molecule has 6 nitrogen and oxygen atoms in total. The third-order valence-corrected chi connectivity index (χ3v) is 5.99. The van der Waals surface area contributed by atoms with Crippen LogP contribution in [-0.4, -0.2) is 48.7 Å². The van der Waals surface area contributed by atoms with Gasteiger partial charge in [-0.05, 0) is 81.3 Å². The molecular weight excluding hydrogens is 350 g/mol. The van der Waals surface area contributed by atoms with E-state index in [0.29, 0.717) is 11.9 Å². The van der Waals surface area contributed by atoms with Gasteiger partial charge < -0.3 is 20.3 Å². The zero-order valence-electron chi connectivity index (χ0n) is 17.2. The number of hydrogen-bond donors (Lipinski definition) is 2. The van der Waals surface area contributed by atoms with E-state index in [1.807, 2.05) is 26.1 Å². The van der Waals surface area contributed by atoms with Crippen LogP contribution < -0.4 is 15.4 Å². The number of hydrogen-bond acceptors (Lipinski definition) is 6. The van der Waals surface area contributed by atoms with E-state index in [-0.39, 0.29) is 0 Å². The summed E-state index contributed by atoms with van der Waals surface area (Å²) in [5, 5.41) is 6.44. The molecule has 2 N–H and O–H groups in total. The summed E-state index contributed by atoms with van der Waals surface area (Å²) in [5.41, 5.74) is 3.23. The van der Waals surface area contributed by atoms with Gasteiger partial charge in [0.05, 0.1) is 7.11 Å². The van der Waals surface area contributed by atoms with E-state index < -0.39 is 0 Å². The number of methoxy groups -OCH3 is 1. The first-order valence-electron chi connectivity index (χ1n) is 10.4. The maximum atomic E-state index is 5.65. The fraction of sp³-hybridized carbons (Fsp3) is 0.545. The van der Waals surface area contributed by atoms with Gasteiger partial charge in [-0.15, -0.1) is 0 Å². The zero-order valence-corrected chi connectivity index (χ0v) is 17.2. The minimum absolute atomic E-state index is 0.579. The molecule has 2 aliphatic rings. The number of likely N-dealkylation sites (tertiary alicyclic amines) is 1. The summed E-state index contributed by atoms with van der Waals surface area (Å²) in [6.45, 7) is 5.81. The van der Waals surface area contributed by atoms with Crippen LogP contribution in [0.25, 0.3) is 0 Å². The molecule has 2 heterocycles. The molecule has 4 rings (SSSR count). The van der Waals surface area contributed by atoms with Crippen LogP contribution in [0.15, 0.2) is 24.3 Å². The van der Waals surface area contributed by atoms with Crippen LogP contribution in [0, 0.1) is 12.8 Å². The molecule has 28 heavy (non-hydrogen) atoms. The lowest BCUT2D eigenvalue weighted by Crippen LogP contribution is -2.34. The van der Waals surface area contributed by atoms with Gasteiger partial charge in [-0.2, -0.15) is 4.98 Å². The first-order valence-corrected chi connectivity index (χ1v) is 10.4. The minimum atomic E-state index is 0.579. The number of rotatable bonds is 7. The molecule has 1 aromatic heterocycles. The maximum absolute atomic E-state index is 5.65. The molecule has 0 bridgehead atoms. The molecule has 6 heteroatoms. The largest absolute Gasteiger partial charge is 0.496 e. The van der Waals surface area contributed by atoms with E-state index in [1.165, 1.54) is 50.9 Å². The van der Waals surface area contributed by atoms with Crippen LogP contribution in [-0.2, 0) is 0 Å². The lowest BCUT2D eigenvalue weighted by Gasteiger charge is -2.38. The Kier molecular flexibility index (Phi) is 5.67. The van der Waals surface area contributed by atoms with Crippen molar-refractivity contribution in [2.45, 2.75) is 38.5 Å². The number of aromatic nitrogens is 2. The average molecular weight is 382 g/mol.